The number of likely N-dealkylation sites (N-methyl/N-ethyl adjacent to an activating group) is 2. The molecule has 0 spiro atoms. The molecule has 0 bridgehead atoms. The Bertz CT molecular complexity index is 343. The molecule has 0 atom stereocenters. The second kappa shape index (κ2) is 5.29. The zero-order valence-corrected chi connectivity index (χ0v) is 8.83. The maximum Gasteiger partial charge on any atom is 0.239 e. The van der Waals surface area contributed by atoms with Crippen molar-refractivity contribution in [1.29, 1.82) is 0 Å². The number of nitrogens with zero attached hydrogens (tertiary/aromatic N) is 2. The number of hydrogen-bond acceptors (Lipinski definition) is 3. The predicted molar refractivity (Wildman–Crippen MR) is 56.1 cm³/mol. The quantitative estimate of drug-likeness (QED) is 0.749. The molecule has 0 radical (unpaired) electrons. The van der Waals surface area contributed by atoms with E-state index in [4.69, 9.17) is 0 Å². The van der Waals surface area contributed by atoms with E-state index in [0.717, 1.165) is 0 Å². The molecule has 0 aliphatic carbocycles. The van der Waals surface area contributed by atoms with Crippen LogP contribution in [0.1, 0.15) is 6.92 Å². The van der Waals surface area contributed by atoms with Crippen molar-refractivity contribution in [3.05, 3.63) is 24.3 Å². The van der Waals surface area contributed by atoms with Gasteiger partial charge in [0.25, 0.3) is 0 Å². The number of halogens is 1. The third kappa shape index (κ3) is 3.19. The Balaban J connectivity index is 2.78. The first-order valence-corrected chi connectivity index (χ1v) is 4.74. The number of rotatable bonds is 4. The molecule has 5 heteroatoms. The predicted octanol–water partition coefficient (Wildman–Crippen LogP) is 0.793. The molecule has 0 unspecified atom stereocenters. The molecule has 15 heavy (non-hydrogen) atoms. The fourth-order valence-corrected chi connectivity index (χ4v) is 1.23. The highest BCUT2D eigenvalue weighted by Gasteiger charge is 2.09. The van der Waals surface area contributed by atoms with Crippen molar-refractivity contribution in [2.45, 2.75) is 6.92 Å². The molecule has 0 saturated carbocycles. The fraction of sp³-hybridized carbons (Fsp3) is 0.400. The van der Waals surface area contributed by atoms with Gasteiger partial charge in [0, 0.05) is 31.5 Å². The minimum Gasteiger partial charge on any atom is -0.362 e. The standard InChI is InChI=1S/C10H14FN3O/c1-3-14(7-10(15)12-2)8-4-5-13-9(11)6-8/h4-6H,3,7H2,1-2H3,(H,12,15). The Morgan fingerprint density at radius 3 is 2.93 bits per heavy atom. The molecular weight excluding hydrogens is 197 g/mol. The van der Waals surface area contributed by atoms with E-state index in [-0.39, 0.29) is 12.5 Å². The normalized spacial score (nSPS) is 9.80. The van der Waals surface area contributed by atoms with Gasteiger partial charge < -0.3 is 10.2 Å². The Morgan fingerprint density at radius 1 is 1.67 bits per heavy atom. The summed E-state index contributed by atoms with van der Waals surface area (Å²) >= 11 is 0. The van der Waals surface area contributed by atoms with Crippen molar-refractivity contribution in [1.82, 2.24) is 10.3 Å². The van der Waals surface area contributed by atoms with E-state index in [1.54, 1.807) is 18.0 Å². The number of pyridine rings is 1. The summed E-state index contributed by atoms with van der Waals surface area (Å²) in [5.41, 5.74) is 0.661. The fourth-order valence-electron chi connectivity index (χ4n) is 1.23. The van der Waals surface area contributed by atoms with Crippen molar-refractivity contribution < 1.29 is 9.18 Å². The van der Waals surface area contributed by atoms with E-state index in [1.165, 1.54) is 12.3 Å². The molecule has 1 rings (SSSR count). The van der Waals surface area contributed by atoms with E-state index >= 15 is 0 Å². The van der Waals surface area contributed by atoms with Crippen molar-refractivity contribution in [2.75, 3.05) is 25.0 Å². The summed E-state index contributed by atoms with van der Waals surface area (Å²) in [5, 5.41) is 2.52. The number of aromatic nitrogens is 1. The van der Waals surface area contributed by atoms with Gasteiger partial charge >= 0.3 is 0 Å². The highest BCUT2D eigenvalue weighted by molar-refractivity contribution is 5.80. The van der Waals surface area contributed by atoms with Gasteiger partial charge in [0.15, 0.2) is 0 Å². The van der Waals surface area contributed by atoms with Crippen LogP contribution in [-0.2, 0) is 4.79 Å². The molecular formula is C10H14FN3O. The molecule has 0 aromatic carbocycles. The van der Waals surface area contributed by atoms with Crippen LogP contribution in [0.4, 0.5) is 10.1 Å². The number of hydrogen-bond donors (Lipinski definition) is 1. The summed E-state index contributed by atoms with van der Waals surface area (Å²) in [4.78, 5) is 16.4. The van der Waals surface area contributed by atoms with Crippen LogP contribution < -0.4 is 10.2 Å². The van der Waals surface area contributed by atoms with Gasteiger partial charge in [-0.05, 0) is 13.0 Å². The first-order chi connectivity index (χ1) is 7.17. The lowest BCUT2D eigenvalue weighted by Crippen LogP contribution is -2.35. The zero-order chi connectivity index (χ0) is 11.3. The minimum atomic E-state index is -0.539. The monoisotopic (exact) mass is 211 g/mol. The number of anilines is 1. The van der Waals surface area contributed by atoms with Gasteiger partial charge in [0.05, 0.1) is 6.54 Å². The molecule has 1 aromatic heterocycles. The molecule has 1 heterocycles. The molecule has 0 aliphatic heterocycles. The Hall–Kier alpha value is -1.65. The summed E-state index contributed by atoms with van der Waals surface area (Å²) < 4.78 is 12.8. The summed E-state index contributed by atoms with van der Waals surface area (Å²) in [5.74, 6) is -0.642. The zero-order valence-electron chi connectivity index (χ0n) is 8.83. The molecule has 4 nitrogen and oxygen atoms in total. The van der Waals surface area contributed by atoms with Crippen LogP contribution in [0.15, 0.2) is 18.3 Å². The molecule has 0 fully saturated rings. The topological polar surface area (TPSA) is 45.2 Å². The first-order valence-electron chi connectivity index (χ1n) is 4.74. The molecule has 1 N–H and O–H groups in total. The second-order valence-electron chi connectivity index (χ2n) is 3.02. The van der Waals surface area contributed by atoms with Gasteiger partial charge in [-0.3, -0.25) is 4.79 Å². The van der Waals surface area contributed by atoms with Crippen LogP contribution in [-0.4, -0.2) is 31.0 Å². The van der Waals surface area contributed by atoms with E-state index in [1.807, 2.05) is 6.92 Å². The van der Waals surface area contributed by atoms with Gasteiger partial charge in [-0.1, -0.05) is 0 Å². The molecule has 0 saturated heterocycles. The second-order valence-corrected chi connectivity index (χ2v) is 3.02. The van der Waals surface area contributed by atoms with Gasteiger partial charge in [-0.25, -0.2) is 4.98 Å². The SMILES string of the molecule is CCN(CC(=O)NC)c1ccnc(F)c1. The third-order valence-corrected chi connectivity index (χ3v) is 2.07. The third-order valence-electron chi connectivity index (χ3n) is 2.07. The van der Waals surface area contributed by atoms with E-state index in [9.17, 15) is 9.18 Å². The average Bonchev–Trinajstić information content (AvgIpc) is 2.25. The summed E-state index contributed by atoms with van der Waals surface area (Å²) in [7, 11) is 1.57. The maximum absolute atomic E-state index is 12.8. The number of carbonyl (C=O) groups is 1. The summed E-state index contributed by atoms with van der Waals surface area (Å²) in [6.45, 7) is 2.76. The summed E-state index contributed by atoms with van der Waals surface area (Å²) in [6.07, 6.45) is 1.39. The van der Waals surface area contributed by atoms with E-state index in [2.05, 4.69) is 10.3 Å². The lowest BCUT2D eigenvalue weighted by Gasteiger charge is -2.21. The van der Waals surface area contributed by atoms with Crippen molar-refractivity contribution in [3.63, 3.8) is 0 Å². The van der Waals surface area contributed by atoms with E-state index < -0.39 is 5.95 Å². The maximum atomic E-state index is 12.8. The highest BCUT2D eigenvalue weighted by atomic mass is 19.1. The molecule has 82 valence electrons. The van der Waals surface area contributed by atoms with Crippen LogP contribution in [0, 0.1) is 5.95 Å². The Kier molecular flexibility index (Phi) is 4.03. The van der Waals surface area contributed by atoms with Gasteiger partial charge in [0.2, 0.25) is 11.9 Å². The van der Waals surface area contributed by atoms with Crippen LogP contribution >= 0.6 is 0 Å². The Labute approximate surface area is 88.1 Å². The molecule has 0 aliphatic rings. The summed E-state index contributed by atoms with van der Waals surface area (Å²) in [6, 6.07) is 2.99. The largest absolute Gasteiger partial charge is 0.362 e. The Morgan fingerprint density at radius 2 is 2.40 bits per heavy atom. The van der Waals surface area contributed by atoms with Gasteiger partial charge in [-0.2, -0.15) is 4.39 Å². The smallest absolute Gasteiger partial charge is 0.239 e. The van der Waals surface area contributed by atoms with Gasteiger partial charge in [-0.15, -0.1) is 0 Å². The lowest BCUT2D eigenvalue weighted by molar-refractivity contribution is -0.119. The number of amides is 1. The van der Waals surface area contributed by atoms with E-state index in [0.29, 0.717) is 12.2 Å². The first kappa shape index (κ1) is 11.4. The average molecular weight is 211 g/mol. The van der Waals surface area contributed by atoms with Crippen LogP contribution in [0.5, 0.6) is 0 Å². The highest BCUT2D eigenvalue weighted by Crippen LogP contribution is 2.12. The van der Waals surface area contributed by atoms with Crippen molar-refractivity contribution in [3.8, 4) is 0 Å². The molecule has 1 aromatic rings. The van der Waals surface area contributed by atoms with Crippen LogP contribution in [0.3, 0.4) is 0 Å². The number of nitrogens with one attached hydrogen (secondary N) is 1. The van der Waals surface area contributed by atoms with Crippen molar-refractivity contribution >= 4 is 11.6 Å². The van der Waals surface area contributed by atoms with Crippen molar-refractivity contribution in [2.24, 2.45) is 0 Å². The minimum absolute atomic E-state index is 0.103. The van der Waals surface area contributed by atoms with Crippen LogP contribution in [0.2, 0.25) is 0 Å². The van der Waals surface area contributed by atoms with Crippen LogP contribution in [0.25, 0.3) is 0 Å². The number of carbonyl (C=O) groups excluding carboxylic acids is 1. The lowest BCUT2D eigenvalue weighted by atomic mass is 10.3. The van der Waals surface area contributed by atoms with Gasteiger partial charge in [0.1, 0.15) is 0 Å². The molecule has 1 amide bonds.